The molecule has 0 spiro atoms. The predicted molar refractivity (Wildman–Crippen MR) is 105 cm³/mol. The molecule has 0 saturated carbocycles. The van der Waals surface area contributed by atoms with E-state index in [0.717, 1.165) is 30.0 Å². The molecule has 28 heavy (non-hydrogen) atoms. The summed E-state index contributed by atoms with van der Waals surface area (Å²) in [6.45, 7) is 3.78. The smallest absolute Gasteiger partial charge is 0.341 e. The number of carbonyl (C=O) groups excluding carboxylic acids is 3. The summed E-state index contributed by atoms with van der Waals surface area (Å²) in [7, 11) is 3.41. The molecule has 0 radical (unpaired) electrons. The molecule has 8 heteroatoms. The minimum atomic E-state index is -0.464. The number of methoxy groups -OCH3 is 1. The Morgan fingerprint density at radius 2 is 1.82 bits per heavy atom. The minimum Gasteiger partial charge on any atom is -0.465 e. The van der Waals surface area contributed by atoms with Crippen molar-refractivity contribution in [2.24, 2.45) is 0 Å². The van der Waals surface area contributed by atoms with Gasteiger partial charge < -0.3 is 19.7 Å². The second-order valence-corrected chi connectivity index (χ2v) is 7.69. The molecule has 3 rings (SSSR count). The van der Waals surface area contributed by atoms with Gasteiger partial charge in [0.2, 0.25) is 0 Å². The van der Waals surface area contributed by atoms with Gasteiger partial charge in [-0.3, -0.25) is 4.79 Å². The lowest BCUT2D eigenvalue weighted by molar-refractivity contribution is -0.895. The van der Waals surface area contributed by atoms with Crippen molar-refractivity contribution in [3.63, 3.8) is 0 Å². The van der Waals surface area contributed by atoms with Crippen molar-refractivity contribution < 1.29 is 28.8 Å². The monoisotopic (exact) mass is 403 g/mol. The van der Waals surface area contributed by atoms with Crippen molar-refractivity contribution in [2.75, 3.05) is 32.6 Å². The van der Waals surface area contributed by atoms with Crippen LogP contribution in [0.2, 0.25) is 0 Å². The van der Waals surface area contributed by atoms with Crippen LogP contribution in [0.15, 0.2) is 24.3 Å². The van der Waals surface area contributed by atoms with E-state index in [9.17, 15) is 14.4 Å². The second-order valence-electron chi connectivity index (χ2n) is 6.59. The molecule has 0 aliphatic carbocycles. The first kappa shape index (κ1) is 20.0. The van der Waals surface area contributed by atoms with E-state index in [1.807, 2.05) is 0 Å². The highest BCUT2D eigenvalue weighted by Gasteiger charge is 2.30. The first-order valence-electron chi connectivity index (χ1n) is 9.07. The van der Waals surface area contributed by atoms with Gasteiger partial charge in [0.05, 0.1) is 43.3 Å². The van der Waals surface area contributed by atoms with Crippen LogP contribution in [0.1, 0.15) is 48.4 Å². The summed E-state index contributed by atoms with van der Waals surface area (Å²) in [5, 5.41) is 3.37. The minimum absolute atomic E-state index is 0.275. The van der Waals surface area contributed by atoms with Crippen molar-refractivity contribution in [3.8, 4) is 0 Å². The van der Waals surface area contributed by atoms with E-state index in [-0.39, 0.29) is 12.5 Å². The molecule has 0 saturated heterocycles. The Bertz CT molecular complexity index is 904. The lowest BCUT2D eigenvalue weighted by atomic mass is 10.0. The van der Waals surface area contributed by atoms with Crippen LogP contribution in [0.3, 0.4) is 0 Å². The quantitative estimate of drug-likeness (QED) is 0.740. The molecule has 2 N–H and O–H groups in total. The Morgan fingerprint density at radius 3 is 2.46 bits per heavy atom. The summed E-state index contributed by atoms with van der Waals surface area (Å²) in [6, 6.07) is 6.17. The summed E-state index contributed by atoms with van der Waals surface area (Å²) in [5.74, 6) is -1.22. The van der Waals surface area contributed by atoms with Gasteiger partial charge in [0.25, 0.3) is 5.91 Å². The molecule has 148 valence electrons. The lowest BCUT2D eigenvalue weighted by Gasteiger charge is -2.19. The number of quaternary nitrogens is 1. The van der Waals surface area contributed by atoms with Crippen LogP contribution in [0, 0.1) is 0 Å². The first-order valence-corrected chi connectivity index (χ1v) is 9.88. The van der Waals surface area contributed by atoms with Gasteiger partial charge >= 0.3 is 11.9 Å². The molecule has 2 aromatic rings. The zero-order chi connectivity index (χ0) is 20.3. The lowest BCUT2D eigenvalue weighted by Crippen LogP contribution is -3.08. The van der Waals surface area contributed by atoms with E-state index >= 15 is 0 Å². The van der Waals surface area contributed by atoms with Crippen molar-refractivity contribution in [3.05, 3.63) is 51.4 Å². The number of ether oxygens (including phenoxy) is 2. The molecule has 1 aliphatic heterocycles. The molecule has 1 aromatic carbocycles. The van der Waals surface area contributed by atoms with E-state index in [1.165, 1.54) is 35.5 Å². The molecule has 0 fully saturated rings. The fourth-order valence-corrected chi connectivity index (χ4v) is 4.52. The molecule has 1 unspecified atom stereocenters. The van der Waals surface area contributed by atoms with Gasteiger partial charge in [-0.05, 0) is 36.8 Å². The van der Waals surface area contributed by atoms with Gasteiger partial charge in [0.1, 0.15) is 11.5 Å². The standard InChI is InChI=1S/C20H22N2O5S/c1-4-27-20(25)16-14-9-10-22(2)11-15(14)28-18(16)21-17(23)12-5-7-13(8-6-12)19(24)26-3/h5-8H,4,9-11H2,1-3H3,(H,21,23)/p+1. The number of carbonyl (C=O) groups is 3. The molecule has 2 heterocycles. The number of fused-ring (bicyclic) bond motifs is 1. The van der Waals surface area contributed by atoms with Gasteiger partial charge in [-0.25, -0.2) is 9.59 Å². The zero-order valence-electron chi connectivity index (χ0n) is 16.1. The van der Waals surface area contributed by atoms with Crippen LogP contribution < -0.4 is 10.2 Å². The van der Waals surface area contributed by atoms with Gasteiger partial charge in [0.15, 0.2) is 0 Å². The number of hydrogen-bond donors (Lipinski definition) is 2. The molecule has 1 atom stereocenters. The highest BCUT2D eigenvalue weighted by atomic mass is 32.1. The Balaban J connectivity index is 1.87. The Kier molecular flexibility index (Phi) is 6.11. The van der Waals surface area contributed by atoms with E-state index in [4.69, 9.17) is 4.74 Å². The number of nitrogens with one attached hydrogen (secondary N) is 2. The number of benzene rings is 1. The average Bonchev–Trinajstić information content (AvgIpc) is 3.04. The molecule has 1 aliphatic rings. The SMILES string of the molecule is CCOC(=O)c1c(NC(=O)c2ccc(C(=O)OC)cc2)sc2c1CC[NH+](C)C2. The fourth-order valence-electron chi connectivity index (χ4n) is 3.18. The Hall–Kier alpha value is -2.71. The molecule has 1 amide bonds. The summed E-state index contributed by atoms with van der Waals surface area (Å²) < 4.78 is 9.88. The fraction of sp³-hybridized carbons (Fsp3) is 0.350. The number of anilines is 1. The average molecular weight is 403 g/mol. The summed E-state index contributed by atoms with van der Waals surface area (Å²) in [5.41, 5.74) is 2.19. The predicted octanol–water partition coefficient (Wildman–Crippen LogP) is 1.53. The van der Waals surface area contributed by atoms with Crippen LogP contribution in [0.25, 0.3) is 0 Å². The maximum Gasteiger partial charge on any atom is 0.341 e. The van der Waals surface area contributed by atoms with Crippen molar-refractivity contribution in [1.82, 2.24) is 0 Å². The number of likely N-dealkylation sites (N-methyl/N-ethyl adjacent to an activating group) is 1. The topological polar surface area (TPSA) is 86.1 Å². The molecular weight excluding hydrogens is 380 g/mol. The number of thiophene rings is 1. The van der Waals surface area contributed by atoms with Crippen LogP contribution in [0.4, 0.5) is 5.00 Å². The Morgan fingerprint density at radius 1 is 1.14 bits per heavy atom. The Labute approximate surface area is 167 Å². The van der Waals surface area contributed by atoms with Gasteiger partial charge in [0, 0.05) is 12.0 Å². The van der Waals surface area contributed by atoms with Gasteiger partial charge in [-0.1, -0.05) is 0 Å². The molecular formula is C20H23N2O5S+. The van der Waals surface area contributed by atoms with E-state index < -0.39 is 11.9 Å². The molecule has 0 bridgehead atoms. The molecule has 7 nitrogen and oxygen atoms in total. The van der Waals surface area contributed by atoms with Gasteiger partial charge in [-0.2, -0.15) is 0 Å². The number of amides is 1. The normalized spacial score (nSPS) is 15.5. The van der Waals surface area contributed by atoms with E-state index in [1.54, 1.807) is 19.1 Å². The maximum atomic E-state index is 12.7. The third kappa shape index (κ3) is 4.07. The van der Waals surface area contributed by atoms with Crippen molar-refractivity contribution >= 4 is 34.2 Å². The van der Waals surface area contributed by atoms with E-state index in [0.29, 0.717) is 21.7 Å². The number of hydrogen-bond acceptors (Lipinski definition) is 6. The van der Waals surface area contributed by atoms with Crippen LogP contribution in [-0.4, -0.2) is 45.2 Å². The summed E-state index contributed by atoms with van der Waals surface area (Å²) >= 11 is 1.43. The van der Waals surface area contributed by atoms with Crippen molar-refractivity contribution in [1.29, 1.82) is 0 Å². The third-order valence-corrected chi connectivity index (χ3v) is 5.78. The molecule has 1 aromatic heterocycles. The zero-order valence-corrected chi connectivity index (χ0v) is 16.9. The van der Waals surface area contributed by atoms with Crippen LogP contribution >= 0.6 is 11.3 Å². The number of esters is 2. The largest absolute Gasteiger partial charge is 0.465 e. The summed E-state index contributed by atoms with van der Waals surface area (Å²) in [4.78, 5) is 39.2. The second kappa shape index (κ2) is 8.53. The van der Waals surface area contributed by atoms with Crippen LogP contribution in [-0.2, 0) is 22.4 Å². The third-order valence-electron chi connectivity index (χ3n) is 4.63. The number of rotatable bonds is 5. The maximum absolute atomic E-state index is 12.7. The highest BCUT2D eigenvalue weighted by Crippen LogP contribution is 2.35. The van der Waals surface area contributed by atoms with Crippen LogP contribution in [0.5, 0.6) is 0 Å². The first-order chi connectivity index (χ1) is 13.4. The van der Waals surface area contributed by atoms with Gasteiger partial charge in [-0.15, -0.1) is 11.3 Å². The van der Waals surface area contributed by atoms with Crippen molar-refractivity contribution in [2.45, 2.75) is 19.9 Å². The van der Waals surface area contributed by atoms with E-state index in [2.05, 4.69) is 17.1 Å². The summed E-state index contributed by atoms with van der Waals surface area (Å²) in [6.07, 6.45) is 0.773. The highest BCUT2D eigenvalue weighted by molar-refractivity contribution is 7.17.